The molecule has 1 amide bonds. The largest absolute Gasteiger partial charge is 0.376 e. The Bertz CT molecular complexity index is 566. The minimum absolute atomic E-state index is 0.0945. The molecule has 24 heavy (non-hydrogen) atoms. The van der Waals surface area contributed by atoms with E-state index in [1.54, 1.807) is 0 Å². The van der Waals surface area contributed by atoms with Crippen LogP contribution in [0, 0.1) is 13.8 Å². The Kier molecular flexibility index (Phi) is 5.56. The van der Waals surface area contributed by atoms with Crippen molar-refractivity contribution in [3.8, 4) is 0 Å². The fourth-order valence-corrected chi connectivity index (χ4v) is 3.71. The van der Waals surface area contributed by atoms with E-state index in [-0.39, 0.29) is 18.1 Å². The molecule has 6 nitrogen and oxygen atoms in total. The summed E-state index contributed by atoms with van der Waals surface area (Å²) in [5.74, 6) is 0.0945. The Hall–Kier alpha value is -1.40. The fourth-order valence-electron chi connectivity index (χ4n) is 3.71. The van der Waals surface area contributed by atoms with Crippen molar-refractivity contribution in [2.24, 2.45) is 0 Å². The number of aromatic nitrogens is 2. The van der Waals surface area contributed by atoms with E-state index in [2.05, 4.69) is 18.1 Å². The van der Waals surface area contributed by atoms with Crippen molar-refractivity contribution in [1.82, 2.24) is 14.7 Å². The Morgan fingerprint density at radius 1 is 1.42 bits per heavy atom. The summed E-state index contributed by atoms with van der Waals surface area (Å²) in [6.45, 7) is 8.84. The third-order valence-electron chi connectivity index (χ3n) is 5.05. The second-order valence-corrected chi connectivity index (χ2v) is 7.05. The van der Waals surface area contributed by atoms with Crippen LogP contribution in [0.5, 0.6) is 0 Å². The van der Waals surface area contributed by atoms with Crippen LogP contribution in [-0.4, -0.2) is 58.6 Å². The van der Waals surface area contributed by atoms with Crippen LogP contribution >= 0.6 is 0 Å². The zero-order valence-electron chi connectivity index (χ0n) is 15.0. The van der Waals surface area contributed by atoms with E-state index in [1.165, 1.54) is 0 Å². The van der Waals surface area contributed by atoms with E-state index in [4.69, 9.17) is 9.47 Å². The highest BCUT2D eigenvalue weighted by Gasteiger charge is 2.32. The van der Waals surface area contributed by atoms with Crippen molar-refractivity contribution in [3.05, 3.63) is 17.5 Å². The summed E-state index contributed by atoms with van der Waals surface area (Å²) in [6, 6.07) is 2.29. The smallest absolute Gasteiger partial charge is 0.251 e. The summed E-state index contributed by atoms with van der Waals surface area (Å²) < 4.78 is 13.4. The minimum Gasteiger partial charge on any atom is -0.376 e. The number of hydrogen-bond donors (Lipinski definition) is 0. The predicted molar refractivity (Wildman–Crippen MR) is 90.8 cm³/mol. The molecule has 1 aromatic rings. The average molecular weight is 335 g/mol. The van der Waals surface area contributed by atoms with Gasteiger partial charge in [0.1, 0.15) is 6.10 Å². The van der Waals surface area contributed by atoms with Crippen LogP contribution in [0.1, 0.15) is 44.0 Å². The molecule has 6 heteroatoms. The highest BCUT2D eigenvalue weighted by Crippen LogP contribution is 2.22. The van der Waals surface area contributed by atoms with Gasteiger partial charge in [0.25, 0.3) is 5.91 Å². The van der Waals surface area contributed by atoms with E-state index < -0.39 is 6.10 Å². The molecule has 0 aliphatic carbocycles. The first-order chi connectivity index (χ1) is 11.5. The Labute approximate surface area is 144 Å². The van der Waals surface area contributed by atoms with Crippen molar-refractivity contribution < 1.29 is 14.3 Å². The molecular weight excluding hydrogens is 306 g/mol. The van der Waals surface area contributed by atoms with Crippen LogP contribution in [0.25, 0.3) is 0 Å². The standard InChI is InChI=1S/C18H29N3O3/c1-13-10-14(2)21(19-13)11-16-6-4-8-20(16)18(22)15(3)24-12-17-7-5-9-23-17/h10,15-17H,4-9,11-12H2,1-3H3/t15-,16-,17+/m0/s1. The van der Waals surface area contributed by atoms with Crippen LogP contribution in [0.2, 0.25) is 0 Å². The predicted octanol–water partition coefficient (Wildman–Crippen LogP) is 2.08. The van der Waals surface area contributed by atoms with Crippen molar-refractivity contribution in [2.75, 3.05) is 19.8 Å². The first kappa shape index (κ1) is 17.4. The number of rotatable bonds is 6. The first-order valence-electron chi connectivity index (χ1n) is 9.09. The Morgan fingerprint density at radius 2 is 2.25 bits per heavy atom. The number of ether oxygens (including phenoxy) is 2. The lowest BCUT2D eigenvalue weighted by molar-refractivity contribution is -0.145. The normalized spacial score (nSPS) is 25.4. The summed E-state index contributed by atoms with van der Waals surface area (Å²) in [6.07, 6.45) is 3.95. The van der Waals surface area contributed by atoms with Crippen LogP contribution in [0.4, 0.5) is 0 Å². The van der Waals surface area contributed by atoms with Crippen molar-refractivity contribution >= 4 is 5.91 Å². The highest BCUT2D eigenvalue weighted by molar-refractivity contribution is 5.81. The number of likely N-dealkylation sites (tertiary alicyclic amines) is 1. The van der Waals surface area contributed by atoms with Gasteiger partial charge in [0.15, 0.2) is 0 Å². The molecule has 134 valence electrons. The molecule has 0 spiro atoms. The van der Waals surface area contributed by atoms with Gasteiger partial charge in [0.2, 0.25) is 0 Å². The number of carbonyl (C=O) groups excluding carboxylic acids is 1. The lowest BCUT2D eigenvalue weighted by Crippen LogP contribution is -2.44. The van der Waals surface area contributed by atoms with Gasteiger partial charge >= 0.3 is 0 Å². The summed E-state index contributed by atoms with van der Waals surface area (Å²) in [5.41, 5.74) is 2.17. The number of nitrogens with zero attached hydrogens (tertiary/aromatic N) is 3. The Morgan fingerprint density at radius 3 is 2.92 bits per heavy atom. The number of hydrogen-bond acceptors (Lipinski definition) is 4. The van der Waals surface area contributed by atoms with Gasteiger partial charge in [-0.25, -0.2) is 0 Å². The molecule has 3 heterocycles. The Balaban J connectivity index is 1.55. The third kappa shape index (κ3) is 3.98. The molecule has 2 saturated heterocycles. The first-order valence-corrected chi connectivity index (χ1v) is 9.09. The maximum absolute atomic E-state index is 12.8. The molecule has 1 aromatic heterocycles. The van der Waals surface area contributed by atoms with E-state index in [0.29, 0.717) is 6.61 Å². The summed E-state index contributed by atoms with van der Waals surface area (Å²) in [5, 5.41) is 4.53. The average Bonchev–Trinajstić information content (AvgIpc) is 3.27. The van der Waals surface area contributed by atoms with Crippen molar-refractivity contribution in [3.63, 3.8) is 0 Å². The maximum Gasteiger partial charge on any atom is 0.251 e. The molecule has 0 aromatic carbocycles. The molecule has 3 rings (SSSR count). The quantitative estimate of drug-likeness (QED) is 0.799. The van der Waals surface area contributed by atoms with Gasteiger partial charge in [-0.1, -0.05) is 0 Å². The summed E-state index contributed by atoms with van der Waals surface area (Å²) in [4.78, 5) is 14.8. The van der Waals surface area contributed by atoms with Gasteiger partial charge in [0.05, 0.1) is 31.0 Å². The van der Waals surface area contributed by atoms with Crippen LogP contribution in [0.15, 0.2) is 6.07 Å². The number of carbonyl (C=O) groups is 1. The molecule has 2 fully saturated rings. The van der Waals surface area contributed by atoms with Gasteiger partial charge in [0, 0.05) is 18.8 Å². The maximum atomic E-state index is 12.8. The van der Waals surface area contributed by atoms with Gasteiger partial charge < -0.3 is 14.4 Å². The molecule has 0 unspecified atom stereocenters. The van der Waals surface area contributed by atoms with Gasteiger partial charge in [-0.3, -0.25) is 9.48 Å². The molecule has 2 aliphatic rings. The lowest BCUT2D eigenvalue weighted by atomic mass is 10.2. The zero-order chi connectivity index (χ0) is 17.1. The second kappa shape index (κ2) is 7.66. The fraction of sp³-hybridized carbons (Fsp3) is 0.778. The lowest BCUT2D eigenvalue weighted by Gasteiger charge is -2.28. The van der Waals surface area contributed by atoms with Gasteiger partial charge in [-0.2, -0.15) is 5.10 Å². The molecule has 3 atom stereocenters. The molecule has 2 aliphatic heterocycles. The summed E-state index contributed by atoms with van der Waals surface area (Å²) in [7, 11) is 0. The zero-order valence-corrected chi connectivity index (χ0v) is 15.0. The van der Waals surface area contributed by atoms with Crippen molar-refractivity contribution in [1.29, 1.82) is 0 Å². The van der Waals surface area contributed by atoms with E-state index in [9.17, 15) is 4.79 Å². The van der Waals surface area contributed by atoms with Crippen LogP contribution in [0.3, 0.4) is 0 Å². The highest BCUT2D eigenvalue weighted by atomic mass is 16.5. The second-order valence-electron chi connectivity index (χ2n) is 7.05. The number of aryl methyl sites for hydroxylation is 2. The van der Waals surface area contributed by atoms with Crippen LogP contribution < -0.4 is 0 Å². The van der Waals surface area contributed by atoms with Crippen molar-refractivity contribution in [2.45, 2.75) is 71.2 Å². The minimum atomic E-state index is -0.407. The van der Waals surface area contributed by atoms with Crippen LogP contribution in [-0.2, 0) is 20.8 Å². The third-order valence-corrected chi connectivity index (χ3v) is 5.05. The van der Waals surface area contributed by atoms with Gasteiger partial charge in [-0.05, 0) is 52.5 Å². The van der Waals surface area contributed by atoms with E-state index in [0.717, 1.165) is 56.8 Å². The molecule has 0 saturated carbocycles. The molecule has 0 bridgehead atoms. The van der Waals surface area contributed by atoms with Gasteiger partial charge in [-0.15, -0.1) is 0 Å². The molecule has 0 radical (unpaired) electrons. The molecular formula is C18H29N3O3. The molecule has 0 N–H and O–H groups in total. The van der Waals surface area contributed by atoms with E-state index >= 15 is 0 Å². The SMILES string of the molecule is Cc1cc(C)n(C[C@@H]2CCCN2C(=O)[C@H](C)OC[C@H]2CCCO2)n1. The topological polar surface area (TPSA) is 56.6 Å². The monoisotopic (exact) mass is 335 g/mol. The van der Waals surface area contributed by atoms with E-state index in [1.807, 2.05) is 23.4 Å². The summed E-state index contributed by atoms with van der Waals surface area (Å²) >= 11 is 0. The number of amides is 1.